The zero-order valence-electron chi connectivity index (χ0n) is 13.1. The van der Waals surface area contributed by atoms with Crippen molar-refractivity contribution in [1.29, 1.82) is 0 Å². The monoisotopic (exact) mass is 277 g/mol. The van der Waals surface area contributed by atoms with Crippen LogP contribution in [0.4, 0.5) is 4.39 Å². The van der Waals surface area contributed by atoms with E-state index in [1.807, 2.05) is 12.1 Å². The van der Waals surface area contributed by atoms with E-state index in [9.17, 15) is 4.39 Å². The first-order valence-electron chi connectivity index (χ1n) is 7.99. The summed E-state index contributed by atoms with van der Waals surface area (Å²) < 4.78 is 12.8. The van der Waals surface area contributed by atoms with Gasteiger partial charge >= 0.3 is 0 Å². The van der Waals surface area contributed by atoms with Crippen molar-refractivity contribution in [3.63, 3.8) is 0 Å². The van der Waals surface area contributed by atoms with E-state index in [1.54, 1.807) is 0 Å². The summed E-state index contributed by atoms with van der Waals surface area (Å²) >= 11 is 0. The highest BCUT2D eigenvalue weighted by Crippen LogP contribution is 2.40. The van der Waals surface area contributed by atoms with Crippen LogP contribution < -0.4 is 5.32 Å². The molecule has 0 saturated heterocycles. The average Bonchev–Trinajstić information content (AvgIpc) is 2.47. The van der Waals surface area contributed by atoms with Gasteiger partial charge in [-0.1, -0.05) is 39.3 Å². The number of hydrogen-bond donors (Lipinski definition) is 1. The van der Waals surface area contributed by atoms with Gasteiger partial charge in [-0.05, 0) is 54.7 Å². The lowest BCUT2D eigenvalue weighted by Crippen LogP contribution is -2.36. The van der Waals surface area contributed by atoms with Crippen molar-refractivity contribution in [3.05, 3.63) is 35.6 Å². The molecule has 1 aromatic carbocycles. The topological polar surface area (TPSA) is 12.0 Å². The molecule has 1 fully saturated rings. The summed E-state index contributed by atoms with van der Waals surface area (Å²) in [5.74, 6) is 0.715. The third-order valence-corrected chi connectivity index (χ3v) is 5.25. The number of benzene rings is 1. The summed E-state index contributed by atoms with van der Waals surface area (Å²) in [6.07, 6.45) is 6.49. The van der Waals surface area contributed by atoms with Crippen molar-refractivity contribution in [2.45, 2.75) is 65.5 Å². The fourth-order valence-electron chi connectivity index (χ4n) is 3.23. The van der Waals surface area contributed by atoms with Crippen LogP contribution in [-0.4, -0.2) is 6.04 Å². The molecule has 0 aromatic heterocycles. The third kappa shape index (κ3) is 4.05. The molecular formula is C18H28FN. The van der Waals surface area contributed by atoms with Gasteiger partial charge in [0, 0.05) is 12.6 Å². The van der Waals surface area contributed by atoms with E-state index in [4.69, 9.17) is 0 Å². The highest BCUT2D eigenvalue weighted by atomic mass is 19.1. The van der Waals surface area contributed by atoms with Crippen LogP contribution in [0.25, 0.3) is 0 Å². The van der Waals surface area contributed by atoms with Gasteiger partial charge in [-0.25, -0.2) is 4.39 Å². The van der Waals surface area contributed by atoms with Crippen LogP contribution in [0.2, 0.25) is 0 Å². The summed E-state index contributed by atoms with van der Waals surface area (Å²) in [4.78, 5) is 0. The van der Waals surface area contributed by atoms with Gasteiger partial charge in [0.05, 0.1) is 0 Å². The average molecular weight is 277 g/mol. The Morgan fingerprint density at radius 1 is 1.10 bits per heavy atom. The predicted molar refractivity (Wildman–Crippen MR) is 83.1 cm³/mol. The van der Waals surface area contributed by atoms with Crippen molar-refractivity contribution in [3.8, 4) is 0 Å². The largest absolute Gasteiger partial charge is 0.310 e. The minimum Gasteiger partial charge on any atom is -0.310 e. The maximum atomic E-state index is 12.8. The first kappa shape index (κ1) is 15.5. The number of hydrogen-bond acceptors (Lipinski definition) is 1. The summed E-state index contributed by atoms with van der Waals surface area (Å²) in [5.41, 5.74) is 1.66. The third-order valence-electron chi connectivity index (χ3n) is 5.25. The fraction of sp³-hybridized carbons (Fsp3) is 0.667. The van der Waals surface area contributed by atoms with Crippen molar-refractivity contribution >= 4 is 0 Å². The molecule has 1 saturated carbocycles. The van der Waals surface area contributed by atoms with Crippen LogP contribution in [0.15, 0.2) is 24.3 Å². The molecular weight excluding hydrogens is 249 g/mol. The normalized spacial score (nSPS) is 23.8. The van der Waals surface area contributed by atoms with Crippen LogP contribution >= 0.6 is 0 Å². The maximum Gasteiger partial charge on any atom is 0.123 e. The summed E-state index contributed by atoms with van der Waals surface area (Å²) in [6, 6.07) is 7.45. The van der Waals surface area contributed by atoms with Gasteiger partial charge in [0.15, 0.2) is 0 Å². The van der Waals surface area contributed by atoms with E-state index in [-0.39, 0.29) is 5.82 Å². The highest BCUT2D eigenvalue weighted by molar-refractivity contribution is 5.15. The minimum atomic E-state index is -0.156. The molecule has 0 atom stereocenters. The minimum absolute atomic E-state index is 0.156. The Hall–Kier alpha value is -0.890. The van der Waals surface area contributed by atoms with Gasteiger partial charge < -0.3 is 5.32 Å². The van der Waals surface area contributed by atoms with E-state index in [2.05, 4.69) is 26.1 Å². The smallest absolute Gasteiger partial charge is 0.123 e. The van der Waals surface area contributed by atoms with Gasteiger partial charge in [-0.3, -0.25) is 0 Å². The zero-order chi connectivity index (χ0) is 14.6. The second-order valence-corrected chi connectivity index (χ2v) is 6.90. The Labute approximate surface area is 123 Å². The van der Waals surface area contributed by atoms with Crippen LogP contribution in [-0.2, 0) is 6.54 Å². The zero-order valence-corrected chi connectivity index (χ0v) is 13.1. The Morgan fingerprint density at radius 3 is 2.25 bits per heavy atom. The lowest BCUT2D eigenvalue weighted by molar-refractivity contribution is 0.137. The first-order chi connectivity index (χ1) is 9.51. The molecule has 1 N–H and O–H groups in total. The predicted octanol–water partition coefficient (Wildman–Crippen LogP) is 4.91. The molecule has 2 rings (SSSR count). The molecule has 0 radical (unpaired) electrons. The van der Waals surface area contributed by atoms with E-state index in [0.29, 0.717) is 11.5 Å². The summed E-state index contributed by atoms with van der Waals surface area (Å²) in [7, 11) is 0. The molecule has 0 unspecified atom stereocenters. The summed E-state index contributed by atoms with van der Waals surface area (Å²) in [5, 5.41) is 3.62. The van der Waals surface area contributed by atoms with Gasteiger partial charge in [-0.2, -0.15) is 0 Å². The van der Waals surface area contributed by atoms with Crippen molar-refractivity contribution in [1.82, 2.24) is 5.32 Å². The Bertz CT molecular complexity index is 402. The molecule has 2 heteroatoms. The van der Waals surface area contributed by atoms with Crippen LogP contribution in [0.1, 0.15) is 58.4 Å². The molecule has 1 nitrogen and oxygen atoms in total. The fourth-order valence-corrected chi connectivity index (χ4v) is 3.23. The second kappa shape index (κ2) is 6.71. The Balaban J connectivity index is 1.76. The van der Waals surface area contributed by atoms with Gasteiger partial charge in [0.1, 0.15) is 5.82 Å². The molecule has 0 amide bonds. The molecule has 0 heterocycles. The van der Waals surface area contributed by atoms with Crippen LogP contribution in [0.5, 0.6) is 0 Å². The lowest BCUT2D eigenvalue weighted by Gasteiger charge is -2.39. The lowest BCUT2D eigenvalue weighted by atomic mass is 9.69. The molecule has 20 heavy (non-hydrogen) atoms. The Morgan fingerprint density at radius 2 is 1.70 bits per heavy atom. The SMILES string of the molecule is CCC(C)(C)C1CCC(NCc2ccc(F)cc2)CC1. The number of nitrogens with one attached hydrogen (secondary N) is 1. The Kier molecular flexibility index (Phi) is 5.20. The molecule has 112 valence electrons. The molecule has 1 aromatic rings. The van der Waals surface area contributed by atoms with Crippen LogP contribution in [0, 0.1) is 17.2 Å². The van der Waals surface area contributed by atoms with Crippen LogP contribution in [0.3, 0.4) is 0 Å². The van der Waals surface area contributed by atoms with E-state index in [0.717, 1.165) is 12.5 Å². The van der Waals surface area contributed by atoms with Crippen molar-refractivity contribution in [2.75, 3.05) is 0 Å². The van der Waals surface area contributed by atoms with Crippen molar-refractivity contribution < 1.29 is 4.39 Å². The van der Waals surface area contributed by atoms with Gasteiger partial charge in [-0.15, -0.1) is 0 Å². The number of halogens is 1. The number of rotatable bonds is 5. The van der Waals surface area contributed by atoms with E-state index >= 15 is 0 Å². The molecule has 1 aliphatic rings. The second-order valence-electron chi connectivity index (χ2n) is 6.90. The van der Waals surface area contributed by atoms with E-state index < -0.39 is 0 Å². The van der Waals surface area contributed by atoms with Crippen molar-refractivity contribution in [2.24, 2.45) is 11.3 Å². The standard InChI is InChI=1S/C18H28FN/c1-4-18(2,3)15-7-11-17(12-8-15)20-13-14-5-9-16(19)10-6-14/h5-6,9-10,15,17,20H,4,7-8,11-13H2,1-3H3. The maximum absolute atomic E-state index is 12.8. The highest BCUT2D eigenvalue weighted by Gasteiger charge is 2.31. The van der Waals surface area contributed by atoms with Gasteiger partial charge in [0.2, 0.25) is 0 Å². The van der Waals surface area contributed by atoms with E-state index in [1.165, 1.54) is 49.8 Å². The van der Waals surface area contributed by atoms with Gasteiger partial charge in [0.25, 0.3) is 0 Å². The molecule has 0 spiro atoms. The molecule has 1 aliphatic carbocycles. The summed E-state index contributed by atoms with van der Waals surface area (Å²) in [6.45, 7) is 7.97. The molecule has 0 aliphatic heterocycles. The first-order valence-corrected chi connectivity index (χ1v) is 7.99. The quantitative estimate of drug-likeness (QED) is 0.806. The molecule has 0 bridgehead atoms.